The third-order valence-corrected chi connectivity index (χ3v) is 5.10. The van der Waals surface area contributed by atoms with Crippen LogP contribution >= 0.6 is 15.9 Å². The average molecular weight is 340 g/mol. The van der Waals surface area contributed by atoms with E-state index in [1.807, 2.05) is 6.07 Å². The summed E-state index contributed by atoms with van der Waals surface area (Å²) in [5.41, 5.74) is 1.71. The number of hydrogen-bond acceptors (Lipinski definition) is 3. The number of hydrogen-bond donors (Lipinski definition) is 1. The Kier molecular flexibility index (Phi) is 3.71. The molecule has 0 spiro atoms. The minimum Gasteiger partial charge on any atom is -0.486 e. The second kappa shape index (κ2) is 5.23. The largest absolute Gasteiger partial charge is 0.486 e. The summed E-state index contributed by atoms with van der Waals surface area (Å²) in [5, 5.41) is 3.64. The highest BCUT2D eigenvalue weighted by molar-refractivity contribution is 9.10. The molecule has 1 fully saturated rings. The van der Waals surface area contributed by atoms with Crippen molar-refractivity contribution in [3.05, 3.63) is 22.2 Å². The van der Waals surface area contributed by atoms with Gasteiger partial charge >= 0.3 is 0 Å². The van der Waals surface area contributed by atoms with E-state index in [1.165, 1.54) is 12.0 Å². The van der Waals surface area contributed by atoms with E-state index in [-0.39, 0.29) is 0 Å². The lowest BCUT2D eigenvalue weighted by atomic mass is 9.96. The van der Waals surface area contributed by atoms with Gasteiger partial charge in [-0.1, -0.05) is 36.7 Å². The second-order valence-corrected chi connectivity index (χ2v) is 7.21. The standard InChI is InChI=1S/C16H22BrNO2/c1-4-18-15(11-9-16(11,2)3)10-7-13-14(8-12(10)17)20-6-5-19-13/h7-8,11,15,18H,4-6,9H2,1-3H3. The molecule has 1 aliphatic carbocycles. The Hall–Kier alpha value is -0.740. The molecule has 2 aliphatic rings. The Bertz CT molecular complexity index is 515. The maximum atomic E-state index is 5.73. The van der Waals surface area contributed by atoms with E-state index in [9.17, 15) is 0 Å². The lowest BCUT2D eigenvalue weighted by molar-refractivity contribution is 0.171. The molecule has 3 nitrogen and oxygen atoms in total. The predicted octanol–water partition coefficient (Wildman–Crippen LogP) is 3.92. The Morgan fingerprint density at radius 3 is 2.45 bits per heavy atom. The molecule has 110 valence electrons. The SMILES string of the molecule is CCNC(c1cc2c(cc1Br)OCCO2)C1CC1(C)C. The van der Waals surface area contributed by atoms with Crippen LogP contribution < -0.4 is 14.8 Å². The van der Waals surface area contributed by atoms with Gasteiger partial charge in [-0.2, -0.15) is 0 Å². The van der Waals surface area contributed by atoms with Crippen molar-refractivity contribution >= 4 is 15.9 Å². The molecule has 0 bridgehead atoms. The molecule has 2 unspecified atom stereocenters. The molecule has 1 aromatic rings. The van der Waals surface area contributed by atoms with Crippen LogP contribution in [0.15, 0.2) is 16.6 Å². The lowest BCUT2D eigenvalue weighted by Gasteiger charge is -2.25. The number of benzene rings is 1. The zero-order valence-corrected chi connectivity index (χ0v) is 13.9. The maximum absolute atomic E-state index is 5.73. The summed E-state index contributed by atoms with van der Waals surface area (Å²) in [6, 6.07) is 4.56. The third-order valence-electron chi connectivity index (χ3n) is 4.41. The van der Waals surface area contributed by atoms with Gasteiger partial charge in [0.2, 0.25) is 0 Å². The van der Waals surface area contributed by atoms with Crippen molar-refractivity contribution in [1.82, 2.24) is 5.32 Å². The molecule has 0 amide bonds. The molecule has 1 N–H and O–H groups in total. The van der Waals surface area contributed by atoms with Crippen molar-refractivity contribution in [3.8, 4) is 11.5 Å². The van der Waals surface area contributed by atoms with Gasteiger partial charge in [-0.05, 0) is 42.0 Å². The minimum absolute atomic E-state index is 0.375. The van der Waals surface area contributed by atoms with Gasteiger partial charge < -0.3 is 14.8 Å². The number of halogens is 1. The van der Waals surface area contributed by atoms with Crippen molar-refractivity contribution < 1.29 is 9.47 Å². The summed E-state index contributed by atoms with van der Waals surface area (Å²) >= 11 is 3.70. The van der Waals surface area contributed by atoms with Crippen LogP contribution in [0.4, 0.5) is 0 Å². The van der Waals surface area contributed by atoms with Gasteiger partial charge in [-0.3, -0.25) is 0 Å². The van der Waals surface area contributed by atoms with Crippen LogP contribution in [-0.4, -0.2) is 19.8 Å². The average Bonchev–Trinajstić information content (AvgIpc) is 3.04. The van der Waals surface area contributed by atoms with Crippen molar-refractivity contribution in [2.45, 2.75) is 33.2 Å². The van der Waals surface area contributed by atoms with E-state index in [0.29, 0.717) is 30.6 Å². The number of rotatable bonds is 4. The fourth-order valence-corrected chi connectivity index (χ4v) is 3.65. The first-order chi connectivity index (χ1) is 9.53. The molecule has 1 saturated carbocycles. The minimum atomic E-state index is 0.375. The molecule has 0 aromatic heterocycles. The molecular formula is C16H22BrNO2. The molecule has 2 atom stereocenters. The topological polar surface area (TPSA) is 30.5 Å². The zero-order valence-electron chi connectivity index (χ0n) is 12.3. The quantitative estimate of drug-likeness (QED) is 0.901. The summed E-state index contributed by atoms with van der Waals surface area (Å²) in [5.74, 6) is 2.40. The molecule has 3 rings (SSSR count). The van der Waals surface area contributed by atoms with Crippen LogP contribution in [0.25, 0.3) is 0 Å². The summed E-state index contributed by atoms with van der Waals surface area (Å²) < 4.78 is 12.5. The summed E-state index contributed by atoms with van der Waals surface area (Å²) in [6.45, 7) is 9.08. The molecular weight excluding hydrogens is 318 g/mol. The number of nitrogens with one attached hydrogen (secondary N) is 1. The normalized spacial score (nSPS) is 24.3. The Morgan fingerprint density at radius 2 is 1.90 bits per heavy atom. The van der Waals surface area contributed by atoms with Crippen LogP contribution in [0.1, 0.15) is 38.8 Å². The lowest BCUT2D eigenvalue weighted by Crippen LogP contribution is -2.25. The second-order valence-electron chi connectivity index (χ2n) is 6.35. The molecule has 4 heteroatoms. The van der Waals surface area contributed by atoms with Crippen LogP contribution in [0.3, 0.4) is 0 Å². The predicted molar refractivity (Wildman–Crippen MR) is 83.4 cm³/mol. The van der Waals surface area contributed by atoms with Crippen molar-refractivity contribution in [2.75, 3.05) is 19.8 Å². The van der Waals surface area contributed by atoms with Crippen LogP contribution in [0, 0.1) is 11.3 Å². The van der Waals surface area contributed by atoms with Crippen molar-refractivity contribution in [3.63, 3.8) is 0 Å². The molecule has 0 saturated heterocycles. The van der Waals surface area contributed by atoms with Gasteiger partial charge in [0.15, 0.2) is 11.5 Å². The van der Waals surface area contributed by atoms with E-state index in [2.05, 4.69) is 48.1 Å². The molecule has 20 heavy (non-hydrogen) atoms. The smallest absolute Gasteiger partial charge is 0.162 e. The van der Waals surface area contributed by atoms with E-state index in [0.717, 1.165) is 22.5 Å². The summed E-state index contributed by atoms with van der Waals surface area (Å²) in [4.78, 5) is 0. The van der Waals surface area contributed by atoms with E-state index < -0.39 is 0 Å². The van der Waals surface area contributed by atoms with Gasteiger partial charge in [0.25, 0.3) is 0 Å². The van der Waals surface area contributed by atoms with Crippen LogP contribution in [-0.2, 0) is 0 Å². The van der Waals surface area contributed by atoms with E-state index in [1.54, 1.807) is 0 Å². The Labute approximate surface area is 129 Å². The van der Waals surface area contributed by atoms with E-state index >= 15 is 0 Å². The third kappa shape index (κ3) is 2.56. The van der Waals surface area contributed by atoms with Crippen LogP contribution in [0.5, 0.6) is 11.5 Å². The van der Waals surface area contributed by atoms with Crippen molar-refractivity contribution in [1.29, 1.82) is 0 Å². The first kappa shape index (κ1) is 14.2. The highest BCUT2D eigenvalue weighted by Gasteiger charge is 2.50. The van der Waals surface area contributed by atoms with Crippen LogP contribution in [0.2, 0.25) is 0 Å². The first-order valence-corrected chi connectivity index (χ1v) is 8.14. The van der Waals surface area contributed by atoms with Gasteiger partial charge in [0.1, 0.15) is 13.2 Å². The first-order valence-electron chi connectivity index (χ1n) is 7.35. The highest BCUT2D eigenvalue weighted by atomic mass is 79.9. The molecule has 0 radical (unpaired) electrons. The monoisotopic (exact) mass is 339 g/mol. The van der Waals surface area contributed by atoms with Gasteiger partial charge in [0, 0.05) is 10.5 Å². The molecule has 1 aliphatic heterocycles. The number of ether oxygens (including phenoxy) is 2. The van der Waals surface area contributed by atoms with Gasteiger partial charge in [-0.25, -0.2) is 0 Å². The highest BCUT2D eigenvalue weighted by Crippen LogP contribution is 2.58. The van der Waals surface area contributed by atoms with Gasteiger partial charge in [0.05, 0.1) is 0 Å². The van der Waals surface area contributed by atoms with E-state index in [4.69, 9.17) is 9.47 Å². The fourth-order valence-electron chi connectivity index (χ4n) is 3.08. The van der Waals surface area contributed by atoms with Crippen molar-refractivity contribution in [2.24, 2.45) is 11.3 Å². The Morgan fingerprint density at radius 1 is 1.30 bits per heavy atom. The summed E-state index contributed by atoms with van der Waals surface area (Å²) in [6.07, 6.45) is 1.27. The molecule has 1 aromatic carbocycles. The number of fused-ring (bicyclic) bond motifs is 1. The maximum Gasteiger partial charge on any atom is 0.162 e. The summed E-state index contributed by atoms with van der Waals surface area (Å²) in [7, 11) is 0. The molecule has 1 heterocycles. The Balaban J connectivity index is 1.94. The fraction of sp³-hybridized carbons (Fsp3) is 0.625. The zero-order chi connectivity index (χ0) is 14.3. The van der Waals surface area contributed by atoms with Gasteiger partial charge in [-0.15, -0.1) is 0 Å².